The van der Waals surface area contributed by atoms with Crippen LogP contribution in [0.1, 0.15) is 33.4 Å². The number of nitrogens with zero attached hydrogens (tertiary/aromatic N) is 2. The molecule has 2 aliphatic rings. The quantitative estimate of drug-likeness (QED) is 0.189. The molecule has 0 N–H and O–H groups in total. The van der Waals surface area contributed by atoms with E-state index in [1.807, 2.05) is 12.1 Å². The number of hydrogen-bond acceptors (Lipinski definition) is 2. The van der Waals surface area contributed by atoms with Gasteiger partial charge in [0.05, 0.1) is 16.8 Å². The van der Waals surface area contributed by atoms with Gasteiger partial charge in [-0.2, -0.15) is 0 Å². The first-order chi connectivity index (χ1) is 25.1. The Labute approximate surface area is 298 Å². The van der Waals surface area contributed by atoms with Gasteiger partial charge in [-0.1, -0.05) is 164 Å². The minimum atomic E-state index is -0.488. The molecule has 51 heavy (non-hydrogen) atoms. The molecule has 0 aliphatic heterocycles. The van der Waals surface area contributed by atoms with Crippen molar-refractivity contribution in [3.8, 4) is 67.3 Å². The van der Waals surface area contributed by atoms with E-state index < -0.39 is 5.41 Å². The summed E-state index contributed by atoms with van der Waals surface area (Å²) < 4.78 is 0. The first kappa shape index (κ1) is 29.5. The Morgan fingerprint density at radius 2 is 0.843 bits per heavy atom. The molecular formula is C49H34N2. The van der Waals surface area contributed by atoms with Crippen LogP contribution in [-0.4, -0.2) is 9.97 Å². The summed E-state index contributed by atoms with van der Waals surface area (Å²) in [6.07, 6.45) is 0. The Morgan fingerprint density at radius 1 is 0.353 bits per heavy atom. The molecule has 8 aromatic rings. The van der Waals surface area contributed by atoms with E-state index in [4.69, 9.17) is 9.97 Å². The Morgan fingerprint density at radius 3 is 1.47 bits per heavy atom. The second kappa shape index (κ2) is 11.3. The first-order valence-electron chi connectivity index (χ1n) is 17.7. The zero-order valence-corrected chi connectivity index (χ0v) is 28.6. The molecule has 2 nitrogen and oxygen atoms in total. The molecule has 1 spiro atoms. The van der Waals surface area contributed by atoms with Crippen molar-refractivity contribution in [2.45, 2.75) is 19.3 Å². The van der Waals surface area contributed by atoms with Crippen LogP contribution in [0.15, 0.2) is 170 Å². The maximum absolute atomic E-state index is 5.32. The molecule has 0 saturated heterocycles. The fourth-order valence-corrected chi connectivity index (χ4v) is 8.85. The second-order valence-corrected chi connectivity index (χ2v) is 13.8. The van der Waals surface area contributed by atoms with E-state index in [0.717, 1.165) is 33.9 Å². The summed E-state index contributed by atoms with van der Waals surface area (Å²) in [7, 11) is 0. The van der Waals surface area contributed by atoms with Gasteiger partial charge in [0.2, 0.25) is 0 Å². The van der Waals surface area contributed by atoms with Gasteiger partial charge in [0.25, 0.3) is 0 Å². The van der Waals surface area contributed by atoms with Crippen molar-refractivity contribution in [3.05, 3.63) is 203 Å². The molecule has 1 unspecified atom stereocenters. The number of fused-ring (bicyclic) bond motifs is 10. The van der Waals surface area contributed by atoms with Crippen LogP contribution in [0.5, 0.6) is 0 Å². The maximum Gasteiger partial charge on any atom is 0.161 e. The molecule has 1 atom stereocenters. The van der Waals surface area contributed by atoms with E-state index in [9.17, 15) is 0 Å². The van der Waals surface area contributed by atoms with E-state index in [-0.39, 0.29) is 0 Å². The van der Waals surface area contributed by atoms with E-state index in [0.29, 0.717) is 0 Å². The van der Waals surface area contributed by atoms with Crippen molar-refractivity contribution in [3.63, 3.8) is 0 Å². The average molecular weight is 651 g/mol. The topological polar surface area (TPSA) is 25.8 Å². The standard InChI is InChI=1S/C49H34N2/c1-31-16-9-10-21-35(31)45-32(2)28-29-42-47(45)37-23-12-14-26-40(37)49(42)39-25-13-11-22-36(39)46-38(24-15-27-41(46)49)48-50-43(33-17-5-3-6-18-33)30-44(51-48)34-19-7-4-8-20-34/h3-30H,1-2H3. The summed E-state index contributed by atoms with van der Waals surface area (Å²) in [5.41, 5.74) is 20.0. The van der Waals surface area contributed by atoms with Gasteiger partial charge in [0.15, 0.2) is 5.82 Å². The van der Waals surface area contributed by atoms with Gasteiger partial charge in [0.1, 0.15) is 0 Å². The number of aromatic nitrogens is 2. The van der Waals surface area contributed by atoms with Crippen molar-refractivity contribution in [2.75, 3.05) is 0 Å². The third-order valence-electron chi connectivity index (χ3n) is 11.0. The van der Waals surface area contributed by atoms with Crippen molar-refractivity contribution in [1.29, 1.82) is 0 Å². The summed E-state index contributed by atoms with van der Waals surface area (Å²) in [6, 6.07) is 61.4. The number of benzene rings is 7. The lowest BCUT2D eigenvalue weighted by Gasteiger charge is -2.31. The molecule has 7 aromatic carbocycles. The molecular weight excluding hydrogens is 617 g/mol. The van der Waals surface area contributed by atoms with Crippen LogP contribution in [0.3, 0.4) is 0 Å². The molecule has 0 saturated carbocycles. The van der Waals surface area contributed by atoms with Gasteiger partial charge in [-0.15, -0.1) is 0 Å². The smallest absolute Gasteiger partial charge is 0.161 e. The van der Waals surface area contributed by atoms with Crippen LogP contribution >= 0.6 is 0 Å². The fourth-order valence-electron chi connectivity index (χ4n) is 8.85. The van der Waals surface area contributed by atoms with Gasteiger partial charge in [0, 0.05) is 16.7 Å². The Kier molecular flexibility index (Phi) is 6.56. The molecule has 240 valence electrons. The van der Waals surface area contributed by atoms with Gasteiger partial charge < -0.3 is 0 Å². The van der Waals surface area contributed by atoms with Gasteiger partial charge in [-0.05, 0) is 86.7 Å². The monoisotopic (exact) mass is 650 g/mol. The minimum absolute atomic E-state index is 0.488. The summed E-state index contributed by atoms with van der Waals surface area (Å²) in [5, 5.41) is 0. The second-order valence-electron chi connectivity index (χ2n) is 13.8. The highest BCUT2D eigenvalue weighted by Crippen LogP contribution is 2.65. The van der Waals surface area contributed by atoms with Crippen LogP contribution in [0, 0.1) is 13.8 Å². The predicted octanol–water partition coefficient (Wildman–Crippen LogP) is 12.1. The van der Waals surface area contributed by atoms with Crippen LogP contribution in [0.4, 0.5) is 0 Å². The highest BCUT2D eigenvalue weighted by atomic mass is 14.9. The van der Waals surface area contributed by atoms with E-state index >= 15 is 0 Å². The lowest BCUT2D eigenvalue weighted by Crippen LogP contribution is -2.26. The molecule has 10 rings (SSSR count). The van der Waals surface area contributed by atoms with Crippen molar-refractivity contribution >= 4 is 0 Å². The lowest BCUT2D eigenvalue weighted by molar-refractivity contribution is 0.793. The molecule has 1 aromatic heterocycles. The first-order valence-corrected chi connectivity index (χ1v) is 17.7. The predicted molar refractivity (Wildman–Crippen MR) is 210 cm³/mol. The van der Waals surface area contributed by atoms with Gasteiger partial charge in [-0.3, -0.25) is 0 Å². The summed E-state index contributed by atoms with van der Waals surface area (Å²) in [5.74, 6) is 0.731. The highest BCUT2D eigenvalue weighted by Gasteiger charge is 2.53. The highest BCUT2D eigenvalue weighted by molar-refractivity contribution is 6.03. The largest absolute Gasteiger partial charge is 0.228 e. The molecule has 1 heterocycles. The fraction of sp³-hybridized carbons (Fsp3) is 0.0612. The zero-order valence-electron chi connectivity index (χ0n) is 28.6. The van der Waals surface area contributed by atoms with Crippen LogP contribution in [0.2, 0.25) is 0 Å². The molecule has 0 radical (unpaired) electrons. The molecule has 0 bridgehead atoms. The van der Waals surface area contributed by atoms with E-state index in [1.54, 1.807) is 0 Å². The van der Waals surface area contributed by atoms with Gasteiger partial charge >= 0.3 is 0 Å². The van der Waals surface area contributed by atoms with E-state index in [1.165, 1.54) is 66.8 Å². The Balaban J connectivity index is 1.30. The third kappa shape index (κ3) is 4.23. The minimum Gasteiger partial charge on any atom is -0.228 e. The zero-order chi connectivity index (χ0) is 34.1. The molecule has 0 fully saturated rings. The van der Waals surface area contributed by atoms with Crippen LogP contribution in [0.25, 0.3) is 67.3 Å². The molecule has 0 amide bonds. The average Bonchev–Trinajstić information content (AvgIpc) is 3.66. The van der Waals surface area contributed by atoms with Crippen molar-refractivity contribution in [2.24, 2.45) is 0 Å². The lowest BCUT2D eigenvalue weighted by atomic mass is 9.70. The third-order valence-corrected chi connectivity index (χ3v) is 11.0. The van der Waals surface area contributed by atoms with Crippen molar-refractivity contribution < 1.29 is 0 Å². The number of aryl methyl sites for hydroxylation is 2. The summed E-state index contributed by atoms with van der Waals surface area (Å²) in [6.45, 7) is 4.48. The normalized spacial score (nSPS) is 14.9. The number of rotatable bonds is 4. The summed E-state index contributed by atoms with van der Waals surface area (Å²) in [4.78, 5) is 10.6. The van der Waals surface area contributed by atoms with Crippen LogP contribution in [-0.2, 0) is 5.41 Å². The Hall–Kier alpha value is -6.38. The molecule has 2 heteroatoms. The van der Waals surface area contributed by atoms with Crippen LogP contribution < -0.4 is 0 Å². The molecule has 2 aliphatic carbocycles. The Bertz CT molecular complexity index is 2600. The SMILES string of the molecule is Cc1ccccc1-c1c(C)ccc2c1-c1ccccc1C21c2ccccc2-c2c(-c3nc(-c4ccccc4)cc(-c4ccccc4)n3)cccc21. The summed E-state index contributed by atoms with van der Waals surface area (Å²) >= 11 is 0. The maximum atomic E-state index is 5.32. The number of hydrogen-bond donors (Lipinski definition) is 0. The van der Waals surface area contributed by atoms with E-state index in [2.05, 4.69) is 172 Å². The van der Waals surface area contributed by atoms with Crippen molar-refractivity contribution in [1.82, 2.24) is 9.97 Å². The van der Waals surface area contributed by atoms with Gasteiger partial charge in [-0.25, -0.2) is 9.97 Å².